The zero-order chi connectivity index (χ0) is 22.9. The van der Waals surface area contributed by atoms with Gasteiger partial charge in [0.25, 0.3) is 0 Å². The summed E-state index contributed by atoms with van der Waals surface area (Å²) < 4.78 is 8.87. The van der Waals surface area contributed by atoms with Gasteiger partial charge in [-0.05, 0) is 70.8 Å². The van der Waals surface area contributed by atoms with Gasteiger partial charge in [0.15, 0.2) is 6.20 Å². The van der Waals surface area contributed by atoms with E-state index in [2.05, 4.69) is 112 Å². The monoisotopic (exact) mass is 430 g/mol. The van der Waals surface area contributed by atoms with Crippen LogP contribution in [0.5, 0.6) is 0 Å². The van der Waals surface area contributed by atoms with Crippen LogP contribution < -0.4 is 4.57 Å². The molecule has 0 N–H and O–H groups in total. The number of fused-ring (bicyclic) bond motifs is 6. The summed E-state index contributed by atoms with van der Waals surface area (Å²) in [6, 6.07) is 24.3. The van der Waals surface area contributed by atoms with Crippen molar-refractivity contribution < 1.29 is 8.98 Å². The van der Waals surface area contributed by atoms with Crippen LogP contribution in [0.25, 0.3) is 54.7 Å². The molecule has 0 fully saturated rings. The van der Waals surface area contributed by atoms with Crippen LogP contribution in [-0.2, 0) is 7.05 Å². The topological polar surface area (TPSA) is 17.0 Å². The Kier molecular flexibility index (Phi) is 4.35. The van der Waals surface area contributed by atoms with E-state index in [0.29, 0.717) is 5.92 Å². The Morgan fingerprint density at radius 1 is 0.788 bits per heavy atom. The molecule has 162 valence electrons. The van der Waals surface area contributed by atoms with Crippen molar-refractivity contribution in [2.75, 3.05) is 0 Å². The normalized spacial score (nSPS) is 12.1. The predicted octanol–water partition coefficient (Wildman–Crippen LogP) is 8.12. The van der Waals surface area contributed by atoms with E-state index >= 15 is 0 Å². The van der Waals surface area contributed by atoms with E-state index in [-0.39, 0.29) is 0 Å². The lowest BCUT2D eigenvalue weighted by atomic mass is 9.92. The zero-order valence-corrected chi connectivity index (χ0v) is 19.9. The average Bonchev–Trinajstić information content (AvgIpc) is 3.18. The molecule has 0 amide bonds. The molecule has 0 aliphatic carbocycles. The molecule has 0 saturated carbocycles. The molecule has 2 nitrogen and oxygen atoms in total. The number of furan rings is 1. The highest BCUT2D eigenvalue weighted by Crippen LogP contribution is 2.42. The summed E-state index contributed by atoms with van der Waals surface area (Å²) in [5, 5.41) is 7.40. The van der Waals surface area contributed by atoms with Crippen LogP contribution in [0, 0.1) is 13.8 Å². The Morgan fingerprint density at radius 3 is 2.42 bits per heavy atom. The van der Waals surface area contributed by atoms with Crippen molar-refractivity contribution >= 4 is 43.5 Å². The van der Waals surface area contributed by atoms with Gasteiger partial charge in [0, 0.05) is 16.8 Å². The Bertz CT molecular complexity index is 1720. The first kappa shape index (κ1) is 20.0. The van der Waals surface area contributed by atoms with Crippen molar-refractivity contribution in [3.8, 4) is 11.3 Å². The second kappa shape index (κ2) is 7.18. The van der Waals surface area contributed by atoms with Gasteiger partial charge in [-0.3, -0.25) is 0 Å². The van der Waals surface area contributed by atoms with Crippen LogP contribution in [0.3, 0.4) is 0 Å². The third-order valence-corrected chi connectivity index (χ3v) is 7.24. The first-order valence-electron chi connectivity index (χ1n) is 11.7. The molecule has 0 aliphatic rings. The first-order valence-corrected chi connectivity index (χ1v) is 11.7. The lowest BCUT2D eigenvalue weighted by Crippen LogP contribution is -2.31. The summed E-state index contributed by atoms with van der Waals surface area (Å²) in [7, 11) is 2.14. The molecule has 4 aromatic carbocycles. The van der Waals surface area contributed by atoms with Gasteiger partial charge in [-0.1, -0.05) is 56.3 Å². The van der Waals surface area contributed by atoms with Gasteiger partial charge in [-0.15, -0.1) is 0 Å². The van der Waals surface area contributed by atoms with Crippen LogP contribution >= 0.6 is 0 Å². The Labute approximate surface area is 194 Å². The Hall–Kier alpha value is -3.65. The van der Waals surface area contributed by atoms with Crippen molar-refractivity contribution in [2.45, 2.75) is 33.6 Å². The fourth-order valence-electron chi connectivity index (χ4n) is 5.26. The van der Waals surface area contributed by atoms with Gasteiger partial charge >= 0.3 is 0 Å². The predicted molar refractivity (Wildman–Crippen MR) is 139 cm³/mol. The molecule has 0 saturated heterocycles. The molecule has 0 aliphatic heterocycles. The molecule has 6 rings (SSSR count). The maximum Gasteiger partial charge on any atom is 0.224 e. The molecular formula is C31H28NO+. The van der Waals surface area contributed by atoms with Gasteiger partial charge in [-0.25, -0.2) is 4.57 Å². The standard InChI is InChI=1S/C31H28NO/c1-18(2)22-10-12-25-23(17-22)14-15-32(5)30(25)28-20(4)19(3)16-26-29-24-9-7-6-8-21(24)11-13-27(29)33-31(26)28/h6-18H,1-5H3/q+1. The summed E-state index contributed by atoms with van der Waals surface area (Å²) in [4.78, 5) is 0. The van der Waals surface area contributed by atoms with Crippen LogP contribution in [0.2, 0.25) is 0 Å². The number of aromatic nitrogens is 1. The Morgan fingerprint density at radius 2 is 1.61 bits per heavy atom. The van der Waals surface area contributed by atoms with Crippen molar-refractivity contribution in [2.24, 2.45) is 7.05 Å². The molecule has 2 heterocycles. The molecule has 0 atom stereocenters. The molecule has 0 spiro atoms. The number of benzene rings is 4. The SMILES string of the molecule is Cc1cc2c(oc3ccc4ccccc4c32)c(-c2c3ccc(C(C)C)cc3cc[n+]2C)c1C. The van der Waals surface area contributed by atoms with Crippen LogP contribution in [0.15, 0.2) is 77.3 Å². The number of aryl methyl sites for hydroxylation is 2. The highest BCUT2D eigenvalue weighted by molar-refractivity contribution is 6.21. The minimum atomic E-state index is 0.503. The minimum Gasteiger partial charge on any atom is -0.455 e. The van der Waals surface area contributed by atoms with Crippen LogP contribution in [-0.4, -0.2) is 0 Å². The fourth-order valence-corrected chi connectivity index (χ4v) is 5.26. The third kappa shape index (κ3) is 2.90. The molecular weight excluding hydrogens is 402 g/mol. The molecule has 2 heteroatoms. The summed E-state index contributed by atoms with van der Waals surface area (Å²) >= 11 is 0. The lowest BCUT2D eigenvalue weighted by Gasteiger charge is -2.12. The Balaban J connectivity index is 1.78. The number of nitrogens with zero attached hydrogens (tertiary/aromatic N) is 1. The first-order chi connectivity index (χ1) is 15.9. The highest BCUT2D eigenvalue weighted by Gasteiger charge is 2.25. The van der Waals surface area contributed by atoms with E-state index in [1.165, 1.54) is 60.3 Å². The summed E-state index contributed by atoms with van der Waals surface area (Å²) in [5.41, 5.74) is 8.22. The number of hydrogen-bond donors (Lipinski definition) is 0. The zero-order valence-electron chi connectivity index (χ0n) is 19.9. The van der Waals surface area contributed by atoms with Gasteiger partial charge in [-0.2, -0.15) is 0 Å². The van der Waals surface area contributed by atoms with Crippen molar-refractivity contribution in [1.29, 1.82) is 0 Å². The number of rotatable bonds is 2. The average molecular weight is 431 g/mol. The maximum absolute atomic E-state index is 6.63. The second-order valence-corrected chi connectivity index (χ2v) is 9.61. The van der Waals surface area contributed by atoms with Gasteiger partial charge in [0.2, 0.25) is 5.69 Å². The smallest absolute Gasteiger partial charge is 0.224 e. The number of pyridine rings is 1. The summed E-state index contributed by atoms with van der Waals surface area (Å²) in [6.07, 6.45) is 2.17. The van der Waals surface area contributed by atoms with Gasteiger partial charge in [0.05, 0.1) is 10.9 Å². The molecule has 6 aromatic rings. The van der Waals surface area contributed by atoms with Crippen molar-refractivity contribution in [3.05, 3.63) is 89.6 Å². The molecule has 2 aromatic heterocycles. The minimum absolute atomic E-state index is 0.503. The van der Waals surface area contributed by atoms with Crippen LogP contribution in [0.4, 0.5) is 0 Å². The third-order valence-electron chi connectivity index (χ3n) is 7.24. The molecule has 0 bridgehead atoms. The quantitative estimate of drug-likeness (QED) is 0.253. The van der Waals surface area contributed by atoms with Crippen molar-refractivity contribution in [1.82, 2.24) is 0 Å². The summed E-state index contributed by atoms with van der Waals surface area (Å²) in [6.45, 7) is 8.93. The summed E-state index contributed by atoms with van der Waals surface area (Å²) in [5.74, 6) is 0.503. The van der Waals surface area contributed by atoms with E-state index in [9.17, 15) is 0 Å². The van der Waals surface area contributed by atoms with Gasteiger partial charge < -0.3 is 4.42 Å². The number of hydrogen-bond acceptors (Lipinski definition) is 1. The van der Waals surface area contributed by atoms with Gasteiger partial charge in [0.1, 0.15) is 18.2 Å². The molecule has 33 heavy (non-hydrogen) atoms. The van der Waals surface area contributed by atoms with E-state index in [1.54, 1.807) is 0 Å². The molecule has 0 radical (unpaired) electrons. The van der Waals surface area contributed by atoms with E-state index < -0.39 is 0 Å². The van der Waals surface area contributed by atoms with E-state index in [0.717, 1.165) is 11.2 Å². The van der Waals surface area contributed by atoms with E-state index in [4.69, 9.17) is 4.42 Å². The largest absolute Gasteiger partial charge is 0.455 e. The van der Waals surface area contributed by atoms with Crippen LogP contribution in [0.1, 0.15) is 36.5 Å². The molecule has 0 unspecified atom stereocenters. The van der Waals surface area contributed by atoms with E-state index in [1.807, 2.05) is 0 Å². The second-order valence-electron chi connectivity index (χ2n) is 9.61. The lowest BCUT2D eigenvalue weighted by molar-refractivity contribution is -0.659. The highest BCUT2D eigenvalue weighted by atomic mass is 16.3. The maximum atomic E-state index is 6.63. The van der Waals surface area contributed by atoms with Crippen molar-refractivity contribution in [3.63, 3.8) is 0 Å². The fraction of sp³-hybridized carbons (Fsp3) is 0.194.